The van der Waals surface area contributed by atoms with Crippen molar-refractivity contribution in [3.8, 4) is 0 Å². The van der Waals surface area contributed by atoms with Gasteiger partial charge in [-0.05, 0) is 11.6 Å². The minimum atomic E-state index is -0.239. The van der Waals surface area contributed by atoms with Gasteiger partial charge in [-0.15, -0.1) is 0 Å². The molecule has 1 aromatic heterocycles. The Balaban J connectivity index is 2.93. The van der Waals surface area contributed by atoms with E-state index in [1.807, 2.05) is 0 Å². The van der Waals surface area contributed by atoms with E-state index in [4.69, 9.17) is 11.5 Å². The van der Waals surface area contributed by atoms with Gasteiger partial charge in [0.15, 0.2) is 6.29 Å². The third-order valence-corrected chi connectivity index (χ3v) is 1.60. The topological polar surface area (TPSA) is 82.0 Å². The molecule has 0 fully saturated rings. The van der Waals surface area contributed by atoms with Crippen LogP contribution in [0.5, 0.6) is 0 Å². The van der Waals surface area contributed by atoms with E-state index in [-0.39, 0.29) is 6.04 Å². The lowest BCUT2D eigenvalue weighted by Crippen LogP contribution is -2.20. The number of carbonyl (C=O) groups excluding carboxylic acids is 1. The van der Waals surface area contributed by atoms with Crippen molar-refractivity contribution in [2.45, 2.75) is 6.04 Å². The van der Waals surface area contributed by atoms with Crippen molar-refractivity contribution < 1.29 is 4.79 Å². The molecule has 64 valence electrons. The highest BCUT2D eigenvalue weighted by Crippen LogP contribution is 2.07. The van der Waals surface area contributed by atoms with E-state index in [9.17, 15) is 4.79 Å². The molecule has 1 heterocycles. The summed E-state index contributed by atoms with van der Waals surface area (Å²) in [6.45, 7) is 0.351. The molecule has 0 saturated heterocycles. The Kier molecular flexibility index (Phi) is 2.90. The first-order chi connectivity index (χ1) is 5.77. The first kappa shape index (κ1) is 8.83. The number of hydrogen-bond acceptors (Lipinski definition) is 4. The molecule has 0 saturated carbocycles. The van der Waals surface area contributed by atoms with E-state index in [1.54, 1.807) is 12.3 Å². The van der Waals surface area contributed by atoms with Gasteiger partial charge in [0, 0.05) is 30.5 Å². The van der Waals surface area contributed by atoms with Crippen LogP contribution in [0.1, 0.15) is 22.0 Å². The summed E-state index contributed by atoms with van der Waals surface area (Å²) in [5.41, 5.74) is 12.3. The number of rotatable bonds is 3. The Morgan fingerprint density at radius 3 is 2.92 bits per heavy atom. The standard InChI is InChI=1S/C8H11N3O/c9-2-8(10)7-1-6(5-12)3-11-4-7/h1,3-5,8H,2,9-10H2. The fraction of sp³-hybridized carbons (Fsp3) is 0.250. The van der Waals surface area contributed by atoms with Gasteiger partial charge in [0.05, 0.1) is 0 Å². The second-order valence-corrected chi connectivity index (χ2v) is 2.51. The summed E-state index contributed by atoms with van der Waals surface area (Å²) < 4.78 is 0. The second-order valence-electron chi connectivity index (χ2n) is 2.51. The molecule has 0 aliphatic carbocycles. The largest absolute Gasteiger partial charge is 0.329 e. The third-order valence-electron chi connectivity index (χ3n) is 1.60. The highest BCUT2D eigenvalue weighted by atomic mass is 16.1. The molecule has 12 heavy (non-hydrogen) atoms. The zero-order chi connectivity index (χ0) is 8.97. The van der Waals surface area contributed by atoms with Gasteiger partial charge >= 0.3 is 0 Å². The lowest BCUT2D eigenvalue weighted by Gasteiger charge is -2.07. The lowest BCUT2D eigenvalue weighted by molar-refractivity contribution is 0.112. The number of aromatic nitrogens is 1. The van der Waals surface area contributed by atoms with Gasteiger partial charge in [-0.3, -0.25) is 9.78 Å². The van der Waals surface area contributed by atoms with Crippen LogP contribution in [-0.4, -0.2) is 17.8 Å². The number of carbonyl (C=O) groups is 1. The second kappa shape index (κ2) is 3.94. The summed E-state index contributed by atoms with van der Waals surface area (Å²) in [6, 6.07) is 1.45. The van der Waals surface area contributed by atoms with Crippen LogP contribution in [0.3, 0.4) is 0 Å². The van der Waals surface area contributed by atoms with Crippen molar-refractivity contribution >= 4 is 6.29 Å². The highest BCUT2D eigenvalue weighted by Gasteiger charge is 2.03. The van der Waals surface area contributed by atoms with Gasteiger partial charge in [-0.2, -0.15) is 0 Å². The third kappa shape index (κ3) is 1.87. The van der Waals surface area contributed by atoms with Crippen LogP contribution in [0.2, 0.25) is 0 Å². The van der Waals surface area contributed by atoms with E-state index in [0.29, 0.717) is 12.1 Å². The minimum absolute atomic E-state index is 0.239. The number of nitrogens with zero attached hydrogens (tertiary/aromatic N) is 1. The number of nitrogens with two attached hydrogens (primary N) is 2. The zero-order valence-electron chi connectivity index (χ0n) is 6.60. The maximum absolute atomic E-state index is 10.4. The van der Waals surface area contributed by atoms with Crippen molar-refractivity contribution in [2.75, 3.05) is 6.54 Å². The molecule has 1 aromatic rings. The molecular weight excluding hydrogens is 154 g/mol. The van der Waals surface area contributed by atoms with Crippen molar-refractivity contribution in [2.24, 2.45) is 11.5 Å². The molecule has 4 N–H and O–H groups in total. The van der Waals surface area contributed by atoms with Crippen molar-refractivity contribution in [1.82, 2.24) is 4.98 Å². The summed E-state index contributed by atoms with van der Waals surface area (Å²) >= 11 is 0. The quantitative estimate of drug-likeness (QED) is 0.610. The summed E-state index contributed by atoms with van der Waals surface area (Å²) in [5.74, 6) is 0. The summed E-state index contributed by atoms with van der Waals surface area (Å²) in [5, 5.41) is 0. The predicted molar refractivity (Wildman–Crippen MR) is 45.6 cm³/mol. The normalized spacial score (nSPS) is 12.5. The fourth-order valence-corrected chi connectivity index (χ4v) is 0.880. The molecular formula is C8H11N3O. The van der Waals surface area contributed by atoms with Crippen LogP contribution >= 0.6 is 0 Å². The molecule has 1 rings (SSSR count). The summed E-state index contributed by atoms with van der Waals surface area (Å²) in [4.78, 5) is 14.2. The monoisotopic (exact) mass is 165 g/mol. The number of aldehydes is 1. The van der Waals surface area contributed by atoms with E-state index >= 15 is 0 Å². The van der Waals surface area contributed by atoms with E-state index < -0.39 is 0 Å². The zero-order valence-corrected chi connectivity index (χ0v) is 6.60. The van der Waals surface area contributed by atoms with Crippen LogP contribution in [-0.2, 0) is 0 Å². The number of hydrogen-bond donors (Lipinski definition) is 2. The molecule has 0 aliphatic rings. The number of pyridine rings is 1. The van der Waals surface area contributed by atoms with Crippen molar-refractivity contribution in [3.63, 3.8) is 0 Å². The van der Waals surface area contributed by atoms with Gasteiger partial charge < -0.3 is 11.5 Å². The summed E-state index contributed by atoms with van der Waals surface area (Å²) in [6.07, 6.45) is 3.84. The van der Waals surface area contributed by atoms with Gasteiger partial charge in [0.1, 0.15) is 0 Å². The fourth-order valence-electron chi connectivity index (χ4n) is 0.880. The average Bonchev–Trinajstić information content (AvgIpc) is 2.17. The Morgan fingerprint density at radius 2 is 2.33 bits per heavy atom. The molecule has 0 radical (unpaired) electrons. The van der Waals surface area contributed by atoms with Gasteiger partial charge in [0.25, 0.3) is 0 Å². The van der Waals surface area contributed by atoms with Crippen LogP contribution in [0, 0.1) is 0 Å². The average molecular weight is 165 g/mol. The molecule has 1 atom stereocenters. The Bertz CT molecular complexity index is 275. The molecule has 0 aromatic carbocycles. The Hall–Kier alpha value is -1.26. The molecule has 0 amide bonds. The van der Waals surface area contributed by atoms with Gasteiger partial charge in [-0.1, -0.05) is 0 Å². The minimum Gasteiger partial charge on any atom is -0.329 e. The predicted octanol–water partition coefficient (Wildman–Crippen LogP) is -0.147. The Morgan fingerprint density at radius 1 is 1.58 bits per heavy atom. The van der Waals surface area contributed by atoms with E-state index in [1.165, 1.54) is 6.20 Å². The molecule has 0 aliphatic heterocycles. The molecule has 0 bridgehead atoms. The van der Waals surface area contributed by atoms with Crippen LogP contribution in [0.4, 0.5) is 0 Å². The Labute approximate surface area is 70.6 Å². The molecule has 0 spiro atoms. The van der Waals surface area contributed by atoms with Crippen molar-refractivity contribution in [1.29, 1.82) is 0 Å². The van der Waals surface area contributed by atoms with Crippen LogP contribution in [0.25, 0.3) is 0 Å². The maximum Gasteiger partial charge on any atom is 0.151 e. The molecule has 4 heteroatoms. The van der Waals surface area contributed by atoms with Crippen LogP contribution < -0.4 is 11.5 Å². The van der Waals surface area contributed by atoms with Gasteiger partial charge in [-0.25, -0.2) is 0 Å². The van der Waals surface area contributed by atoms with Gasteiger partial charge in [0.2, 0.25) is 0 Å². The smallest absolute Gasteiger partial charge is 0.151 e. The maximum atomic E-state index is 10.4. The van der Waals surface area contributed by atoms with Crippen LogP contribution in [0.15, 0.2) is 18.5 Å². The SMILES string of the molecule is NCC(N)c1cncc(C=O)c1. The molecule has 1 unspecified atom stereocenters. The highest BCUT2D eigenvalue weighted by molar-refractivity contribution is 5.74. The van der Waals surface area contributed by atoms with Crippen molar-refractivity contribution in [3.05, 3.63) is 29.6 Å². The summed E-state index contributed by atoms with van der Waals surface area (Å²) in [7, 11) is 0. The first-order valence-electron chi connectivity index (χ1n) is 3.63. The van der Waals surface area contributed by atoms with E-state index in [0.717, 1.165) is 11.8 Å². The lowest BCUT2D eigenvalue weighted by atomic mass is 10.1. The van der Waals surface area contributed by atoms with E-state index in [2.05, 4.69) is 4.98 Å². The first-order valence-corrected chi connectivity index (χ1v) is 3.63. The molecule has 4 nitrogen and oxygen atoms in total.